The summed E-state index contributed by atoms with van der Waals surface area (Å²) in [6, 6.07) is 0. The Kier molecular flexibility index (Phi) is 19.5. The molecular formula is C21H34Br2ClN5O. The molecule has 9 heteroatoms. The highest BCUT2D eigenvalue weighted by Crippen LogP contribution is 2.10. The Hall–Kier alpha value is -0.830. The summed E-state index contributed by atoms with van der Waals surface area (Å²) in [5.74, 6) is 0.795. The normalized spacial score (nSPS) is 11.8. The van der Waals surface area contributed by atoms with Crippen molar-refractivity contribution in [3.8, 4) is 0 Å². The van der Waals surface area contributed by atoms with Crippen molar-refractivity contribution < 1.29 is 4.74 Å². The second-order valence-corrected chi connectivity index (χ2v) is 8.39. The highest BCUT2D eigenvalue weighted by atomic mass is 79.9. The molecule has 1 saturated heterocycles. The van der Waals surface area contributed by atoms with Gasteiger partial charge in [0.2, 0.25) is 11.2 Å². The van der Waals surface area contributed by atoms with Crippen LogP contribution in [0.3, 0.4) is 0 Å². The summed E-state index contributed by atoms with van der Waals surface area (Å²) in [6.07, 6.45) is 13.3. The molecule has 3 rings (SSSR count). The van der Waals surface area contributed by atoms with E-state index in [1.165, 1.54) is 32.1 Å². The number of aromatic nitrogens is 4. The Labute approximate surface area is 203 Å². The van der Waals surface area contributed by atoms with Crippen LogP contribution in [-0.2, 0) is 4.74 Å². The number of hydrogen-bond acceptors (Lipinski definition) is 6. The summed E-state index contributed by atoms with van der Waals surface area (Å²) in [4.78, 5) is 17.9. The minimum Gasteiger partial charge on any atom is -0.381 e. The molecule has 2 aromatic heterocycles. The fourth-order valence-corrected chi connectivity index (χ4v) is 2.64. The first-order valence-corrected chi connectivity index (χ1v) is 12.4. The molecule has 1 aliphatic rings. The molecule has 0 unspecified atom stereocenters. The van der Waals surface area contributed by atoms with E-state index in [9.17, 15) is 0 Å². The molecule has 0 amide bonds. The highest BCUT2D eigenvalue weighted by molar-refractivity contribution is 9.10. The first-order chi connectivity index (χ1) is 14.5. The van der Waals surface area contributed by atoms with Crippen LogP contribution < -0.4 is 4.90 Å². The minimum atomic E-state index is 0.271. The summed E-state index contributed by atoms with van der Waals surface area (Å²) in [5.41, 5.74) is 0. The summed E-state index contributed by atoms with van der Waals surface area (Å²) in [6.45, 7) is 12.5. The Bertz CT molecular complexity index is 594. The third-order valence-electron chi connectivity index (χ3n) is 3.78. The predicted molar refractivity (Wildman–Crippen MR) is 133 cm³/mol. The second kappa shape index (κ2) is 20.1. The molecule has 170 valence electrons. The molecular weight excluding hydrogens is 534 g/mol. The largest absolute Gasteiger partial charge is 0.381 e. The standard InChI is InChI=1S/C8H12BrN3.C5H12.C4H2BrClN2.C4H8O/c1-3-12(4-2)8-10-5-7(9)6-11-8;1-3-5-4-2;5-3-1-7-4(6)8-2-3;1-2-4-5-3-1/h5-6H,3-4H2,1-2H3;3-5H2,1-2H3;1-2H;1-4H2. The monoisotopic (exact) mass is 565 g/mol. The number of ether oxygens (including phenoxy) is 1. The van der Waals surface area contributed by atoms with Crippen molar-refractivity contribution >= 4 is 49.4 Å². The fourth-order valence-electron chi connectivity index (χ4n) is 2.14. The number of rotatable bonds is 5. The lowest BCUT2D eigenvalue weighted by molar-refractivity contribution is 0.198. The zero-order chi connectivity index (χ0) is 22.6. The summed E-state index contributed by atoms with van der Waals surface area (Å²) in [5, 5.41) is 0.271. The van der Waals surface area contributed by atoms with Gasteiger partial charge >= 0.3 is 0 Å². The van der Waals surface area contributed by atoms with Gasteiger partial charge in [0, 0.05) is 51.1 Å². The third kappa shape index (κ3) is 15.9. The van der Waals surface area contributed by atoms with Crippen molar-refractivity contribution in [3.05, 3.63) is 39.0 Å². The first kappa shape index (κ1) is 29.2. The molecule has 0 radical (unpaired) electrons. The molecule has 2 aromatic rings. The number of halogens is 3. The molecule has 30 heavy (non-hydrogen) atoms. The zero-order valence-corrected chi connectivity index (χ0v) is 22.4. The molecule has 0 aliphatic carbocycles. The average molecular weight is 568 g/mol. The van der Waals surface area contributed by atoms with Gasteiger partial charge < -0.3 is 9.64 Å². The van der Waals surface area contributed by atoms with E-state index >= 15 is 0 Å². The highest BCUT2D eigenvalue weighted by Gasteiger charge is 2.02. The lowest BCUT2D eigenvalue weighted by atomic mass is 10.3. The Morgan fingerprint density at radius 1 is 0.833 bits per heavy atom. The van der Waals surface area contributed by atoms with E-state index in [-0.39, 0.29) is 5.28 Å². The van der Waals surface area contributed by atoms with E-state index in [2.05, 4.69) is 84.4 Å². The molecule has 0 saturated carbocycles. The quantitative estimate of drug-likeness (QED) is 0.364. The molecule has 6 nitrogen and oxygen atoms in total. The predicted octanol–water partition coefficient (Wildman–Crippen LogP) is 6.97. The van der Waals surface area contributed by atoms with Crippen molar-refractivity contribution in [2.24, 2.45) is 0 Å². The van der Waals surface area contributed by atoms with E-state index < -0.39 is 0 Å². The van der Waals surface area contributed by atoms with Gasteiger partial charge in [-0.05, 0) is 70.1 Å². The average Bonchev–Trinajstić information content (AvgIpc) is 3.34. The third-order valence-corrected chi connectivity index (χ3v) is 4.79. The Morgan fingerprint density at radius 3 is 1.53 bits per heavy atom. The van der Waals surface area contributed by atoms with Gasteiger partial charge in [-0.15, -0.1) is 0 Å². The Morgan fingerprint density at radius 2 is 1.27 bits per heavy atom. The fraction of sp³-hybridized carbons (Fsp3) is 0.619. The number of nitrogens with zero attached hydrogens (tertiary/aromatic N) is 5. The van der Waals surface area contributed by atoms with Crippen molar-refractivity contribution in [1.82, 2.24) is 19.9 Å². The van der Waals surface area contributed by atoms with Gasteiger partial charge in [0.25, 0.3) is 0 Å². The van der Waals surface area contributed by atoms with Crippen molar-refractivity contribution in [3.63, 3.8) is 0 Å². The van der Waals surface area contributed by atoms with Crippen LogP contribution in [0, 0.1) is 0 Å². The number of hydrogen-bond donors (Lipinski definition) is 0. The molecule has 0 N–H and O–H groups in total. The van der Waals surface area contributed by atoms with E-state index in [0.717, 1.165) is 41.2 Å². The SMILES string of the molecule is C1CCOC1.CCCCC.CCN(CC)c1ncc(Br)cn1.Clc1ncc(Br)cn1. The van der Waals surface area contributed by atoms with Gasteiger partial charge in [-0.1, -0.05) is 33.1 Å². The summed E-state index contributed by atoms with van der Waals surface area (Å²) >= 11 is 11.8. The number of anilines is 1. The van der Waals surface area contributed by atoms with Gasteiger partial charge in [0.05, 0.1) is 8.95 Å². The van der Waals surface area contributed by atoms with Gasteiger partial charge in [-0.3, -0.25) is 0 Å². The molecule has 0 spiro atoms. The summed E-state index contributed by atoms with van der Waals surface area (Å²) in [7, 11) is 0. The lowest BCUT2D eigenvalue weighted by Gasteiger charge is -2.17. The van der Waals surface area contributed by atoms with E-state index in [4.69, 9.17) is 16.3 Å². The van der Waals surface area contributed by atoms with Gasteiger partial charge in [0.15, 0.2) is 0 Å². The molecule has 0 bridgehead atoms. The molecule has 1 fully saturated rings. The topological polar surface area (TPSA) is 64.0 Å². The van der Waals surface area contributed by atoms with Crippen LogP contribution in [-0.4, -0.2) is 46.2 Å². The molecule has 0 atom stereocenters. The van der Waals surface area contributed by atoms with Crippen LogP contribution >= 0.6 is 43.5 Å². The van der Waals surface area contributed by atoms with Gasteiger partial charge in [0.1, 0.15) is 0 Å². The van der Waals surface area contributed by atoms with Gasteiger partial charge in [-0.25, -0.2) is 19.9 Å². The van der Waals surface area contributed by atoms with Crippen molar-refractivity contribution in [2.75, 3.05) is 31.2 Å². The summed E-state index contributed by atoms with van der Waals surface area (Å²) < 4.78 is 6.69. The minimum absolute atomic E-state index is 0.271. The van der Waals surface area contributed by atoms with Gasteiger partial charge in [-0.2, -0.15) is 0 Å². The molecule has 3 heterocycles. The maximum atomic E-state index is 5.37. The number of unbranched alkanes of at least 4 members (excludes halogenated alkanes) is 2. The van der Waals surface area contributed by atoms with E-state index in [1.54, 1.807) is 24.8 Å². The molecule has 1 aliphatic heterocycles. The Balaban J connectivity index is 0.000000403. The lowest BCUT2D eigenvalue weighted by Crippen LogP contribution is -2.23. The molecule has 0 aromatic carbocycles. The maximum Gasteiger partial charge on any atom is 0.225 e. The van der Waals surface area contributed by atoms with Crippen LogP contribution in [0.4, 0.5) is 5.95 Å². The van der Waals surface area contributed by atoms with E-state index in [1.807, 2.05) is 0 Å². The van der Waals surface area contributed by atoms with E-state index in [0.29, 0.717) is 0 Å². The zero-order valence-electron chi connectivity index (χ0n) is 18.5. The first-order valence-electron chi connectivity index (χ1n) is 10.4. The van der Waals surface area contributed by atoms with Crippen molar-refractivity contribution in [2.45, 2.75) is 59.8 Å². The van der Waals surface area contributed by atoms with Crippen molar-refractivity contribution in [1.29, 1.82) is 0 Å². The smallest absolute Gasteiger partial charge is 0.225 e. The van der Waals surface area contributed by atoms with Crippen LogP contribution in [0.15, 0.2) is 33.7 Å². The maximum absolute atomic E-state index is 5.37. The van der Waals surface area contributed by atoms with Crippen LogP contribution in [0.1, 0.15) is 59.8 Å². The van der Waals surface area contributed by atoms with Crippen LogP contribution in [0.2, 0.25) is 5.28 Å². The second-order valence-electron chi connectivity index (χ2n) is 6.22. The van der Waals surface area contributed by atoms with Crippen LogP contribution in [0.25, 0.3) is 0 Å². The van der Waals surface area contributed by atoms with Crippen LogP contribution in [0.5, 0.6) is 0 Å².